The van der Waals surface area contributed by atoms with E-state index in [0.29, 0.717) is 23.3 Å². The van der Waals surface area contributed by atoms with Gasteiger partial charge in [0.1, 0.15) is 11.6 Å². The Morgan fingerprint density at radius 2 is 1.92 bits per heavy atom. The van der Waals surface area contributed by atoms with Gasteiger partial charge in [-0.1, -0.05) is 57.2 Å². The van der Waals surface area contributed by atoms with Crippen LogP contribution >= 0.6 is 11.6 Å². The molecule has 0 spiro atoms. The van der Waals surface area contributed by atoms with Crippen molar-refractivity contribution in [2.75, 3.05) is 31.1 Å². The first-order valence-corrected chi connectivity index (χ1v) is 14.4. The molecule has 0 N–H and O–H groups in total. The van der Waals surface area contributed by atoms with Crippen LogP contribution in [-0.2, 0) is 11.2 Å². The molecule has 3 heterocycles. The minimum atomic E-state index is 0.313. The zero-order valence-corrected chi connectivity index (χ0v) is 23.0. The fourth-order valence-electron chi connectivity index (χ4n) is 5.67. The lowest BCUT2D eigenvalue weighted by molar-refractivity contribution is -0.131. The summed E-state index contributed by atoms with van der Waals surface area (Å²) in [5, 5.41) is 6.30. The van der Waals surface area contributed by atoms with Crippen molar-refractivity contribution in [1.29, 1.82) is 0 Å². The molecule has 0 radical (unpaired) electrons. The van der Waals surface area contributed by atoms with Gasteiger partial charge in [-0.3, -0.25) is 4.79 Å². The SMILES string of the molecule is CC(C)CCc1nc(N2CCCN(C(=O)CCC3CCCC3)CC2)c2cnn(-c3cccc(Cl)c3)c2n1. The van der Waals surface area contributed by atoms with Gasteiger partial charge in [-0.15, -0.1) is 0 Å². The van der Waals surface area contributed by atoms with Crippen molar-refractivity contribution in [2.45, 2.75) is 71.6 Å². The summed E-state index contributed by atoms with van der Waals surface area (Å²) in [7, 11) is 0. The van der Waals surface area contributed by atoms with E-state index in [1.807, 2.05) is 35.1 Å². The molecule has 8 heteroatoms. The topological polar surface area (TPSA) is 67.2 Å². The van der Waals surface area contributed by atoms with Gasteiger partial charge in [0.2, 0.25) is 5.91 Å². The average Bonchev–Trinajstić information content (AvgIpc) is 3.50. The van der Waals surface area contributed by atoms with Crippen LogP contribution in [0.5, 0.6) is 0 Å². The number of carbonyl (C=O) groups is 1. The zero-order chi connectivity index (χ0) is 25.8. The highest BCUT2D eigenvalue weighted by molar-refractivity contribution is 6.30. The van der Waals surface area contributed by atoms with E-state index < -0.39 is 0 Å². The normalized spacial score (nSPS) is 17.2. The van der Waals surface area contributed by atoms with Gasteiger partial charge in [-0.2, -0.15) is 5.10 Å². The van der Waals surface area contributed by atoms with Gasteiger partial charge in [-0.05, 0) is 49.3 Å². The number of benzene rings is 1. The molecule has 1 saturated heterocycles. The monoisotopic (exact) mass is 522 g/mol. The lowest BCUT2D eigenvalue weighted by Crippen LogP contribution is -2.35. The van der Waals surface area contributed by atoms with Crippen molar-refractivity contribution < 1.29 is 4.79 Å². The predicted octanol–water partition coefficient (Wildman–Crippen LogP) is 6.07. The number of halogens is 1. The third kappa shape index (κ3) is 6.25. The summed E-state index contributed by atoms with van der Waals surface area (Å²) in [6, 6.07) is 7.70. The summed E-state index contributed by atoms with van der Waals surface area (Å²) in [6.07, 6.45) is 11.6. The molecule has 3 aromatic rings. The molecular weight excluding hydrogens is 484 g/mol. The maximum absolute atomic E-state index is 13.0. The molecule has 5 rings (SSSR count). The van der Waals surface area contributed by atoms with Crippen molar-refractivity contribution in [3.05, 3.63) is 41.3 Å². The summed E-state index contributed by atoms with van der Waals surface area (Å²) < 4.78 is 1.86. The molecule has 1 saturated carbocycles. The smallest absolute Gasteiger partial charge is 0.222 e. The number of fused-ring (bicyclic) bond motifs is 1. The lowest BCUT2D eigenvalue weighted by Gasteiger charge is -2.24. The molecule has 1 aliphatic carbocycles. The molecule has 1 amide bonds. The lowest BCUT2D eigenvalue weighted by atomic mass is 10.0. The number of aromatic nitrogens is 4. The molecule has 0 unspecified atom stereocenters. The number of nitrogens with zero attached hydrogens (tertiary/aromatic N) is 6. The van der Waals surface area contributed by atoms with Crippen molar-refractivity contribution >= 4 is 34.4 Å². The standard InChI is InChI=1S/C29H39ClN6O/c1-21(2)11-13-26-32-28(25-20-31-36(29(25)33-26)24-10-5-9-23(30)19-24)35-16-6-15-34(17-18-35)27(37)14-12-22-7-3-4-8-22/h5,9-10,19-22H,3-4,6-8,11-18H2,1-2H3. The molecular formula is C29H39ClN6O. The summed E-state index contributed by atoms with van der Waals surface area (Å²) in [5.74, 6) is 3.41. The van der Waals surface area contributed by atoms with E-state index in [1.54, 1.807) is 0 Å². The Labute approximate surface area is 225 Å². The van der Waals surface area contributed by atoms with Gasteiger partial charge in [0.25, 0.3) is 0 Å². The Bertz CT molecular complexity index is 1220. The van der Waals surface area contributed by atoms with Crippen LogP contribution in [0.25, 0.3) is 16.7 Å². The number of rotatable bonds is 8. The quantitative estimate of drug-likeness (QED) is 0.359. The fraction of sp³-hybridized carbons (Fsp3) is 0.586. The number of anilines is 1. The second-order valence-electron chi connectivity index (χ2n) is 11.1. The molecule has 2 aliphatic rings. The van der Waals surface area contributed by atoms with Gasteiger partial charge >= 0.3 is 0 Å². The zero-order valence-electron chi connectivity index (χ0n) is 22.2. The van der Waals surface area contributed by atoms with E-state index in [9.17, 15) is 4.79 Å². The third-order valence-corrected chi connectivity index (χ3v) is 8.08. The van der Waals surface area contributed by atoms with E-state index in [4.69, 9.17) is 26.7 Å². The number of hydrogen-bond donors (Lipinski definition) is 0. The maximum Gasteiger partial charge on any atom is 0.222 e. The van der Waals surface area contributed by atoms with Gasteiger partial charge in [0.15, 0.2) is 5.65 Å². The number of carbonyl (C=O) groups excluding carboxylic acids is 1. The van der Waals surface area contributed by atoms with Gasteiger partial charge in [-0.25, -0.2) is 14.6 Å². The molecule has 1 aliphatic heterocycles. The van der Waals surface area contributed by atoms with E-state index in [-0.39, 0.29) is 0 Å². The molecule has 2 aromatic heterocycles. The molecule has 0 atom stereocenters. The Balaban J connectivity index is 1.38. The van der Waals surface area contributed by atoms with Gasteiger partial charge in [0, 0.05) is 44.0 Å². The highest BCUT2D eigenvalue weighted by atomic mass is 35.5. The predicted molar refractivity (Wildman–Crippen MR) is 149 cm³/mol. The Morgan fingerprint density at radius 3 is 2.70 bits per heavy atom. The van der Waals surface area contributed by atoms with Crippen LogP contribution in [0.15, 0.2) is 30.5 Å². The first kappa shape index (κ1) is 26.0. The van der Waals surface area contributed by atoms with Gasteiger partial charge < -0.3 is 9.80 Å². The second kappa shape index (κ2) is 11.8. The van der Waals surface area contributed by atoms with Crippen LogP contribution in [0, 0.1) is 11.8 Å². The number of amides is 1. The van der Waals surface area contributed by atoms with Crippen molar-refractivity contribution in [3.8, 4) is 5.69 Å². The van der Waals surface area contributed by atoms with E-state index in [0.717, 1.165) is 86.1 Å². The molecule has 7 nitrogen and oxygen atoms in total. The minimum Gasteiger partial charge on any atom is -0.354 e. The first-order chi connectivity index (χ1) is 18.0. The Morgan fingerprint density at radius 1 is 1.08 bits per heavy atom. The Hall–Kier alpha value is -2.67. The van der Waals surface area contributed by atoms with Crippen LogP contribution in [-0.4, -0.2) is 56.7 Å². The van der Waals surface area contributed by atoms with E-state index in [1.165, 1.54) is 25.7 Å². The van der Waals surface area contributed by atoms with Gasteiger partial charge in [0.05, 0.1) is 17.3 Å². The van der Waals surface area contributed by atoms with Crippen LogP contribution in [0.4, 0.5) is 5.82 Å². The minimum absolute atomic E-state index is 0.313. The van der Waals surface area contributed by atoms with E-state index in [2.05, 4.69) is 23.6 Å². The van der Waals surface area contributed by atoms with Crippen molar-refractivity contribution in [1.82, 2.24) is 24.6 Å². The highest BCUT2D eigenvalue weighted by Crippen LogP contribution is 2.30. The summed E-state index contributed by atoms with van der Waals surface area (Å²) in [6.45, 7) is 7.64. The van der Waals surface area contributed by atoms with E-state index >= 15 is 0 Å². The largest absolute Gasteiger partial charge is 0.354 e. The van der Waals surface area contributed by atoms with Crippen LogP contribution in [0.2, 0.25) is 5.02 Å². The molecule has 198 valence electrons. The second-order valence-corrected chi connectivity index (χ2v) is 11.5. The highest BCUT2D eigenvalue weighted by Gasteiger charge is 2.24. The molecule has 1 aromatic carbocycles. The van der Waals surface area contributed by atoms with Crippen LogP contribution in [0.3, 0.4) is 0 Å². The average molecular weight is 523 g/mol. The maximum atomic E-state index is 13.0. The number of aryl methyl sites for hydroxylation is 1. The molecule has 0 bridgehead atoms. The molecule has 2 fully saturated rings. The van der Waals surface area contributed by atoms with Crippen molar-refractivity contribution in [3.63, 3.8) is 0 Å². The Kier molecular flexibility index (Phi) is 8.28. The summed E-state index contributed by atoms with van der Waals surface area (Å²) in [5.41, 5.74) is 1.69. The summed E-state index contributed by atoms with van der Waals surface area (Å²) >= 11 is 6.28. The summed E-state index contributed by atoms with van der Waals surface area (Å²) in [4.78, 5) is 27.4. The molecule has 37 heavy (non-hydrogen) atoms. The fourth-order valence-corrected chi connectivity index (χ4v) is 5.85. The van der Waals surface area contributed by atoms with Crippen LogP contribution in [0.1, 0.15) is 71.0 Å². The number of hydrogen-bond acceptors (Lipinski definition) is 5. The third-order valence-electron chi connectivity index (χ3n) is 7.84. The van der Waals surface area contributed by atoms with Crippen molar-refractivity contribution in [2.24, 2.45) is 11.8 Å². The first-order valence-electron chi connectivity index (χ1n) is 14.0. The van der Waals surface area contributed by atoms with Crippen LogP contribution < -0.4 is 4.90 Å².